The molecule has 0 aromatic heterocycles. The summed E-state index contributed by atoms with van der Waals surface area (Å²) in [5, 5.41) is 5.44. The Morgan fingerprint density at radius 2 is 1.70 bits per heavy atom. The van der Waals surface area contributed by atoms with Crippen LogP contribution >= 0.6 is 0 Å². The Hall–Kier alpha value is -3.35. The molecule has 1 atom stereocenters. The first-order valence-electron chi connectivity index (χ1n) is 10.0. The predicted octanol–water partition coefficient (Wildman–Crippen LogP) is 4.16. The number of hydrogen-bond donors (Lipinski definition) is 2. The second-order valence-corrected chi connectivity index (χ2v) is 8.07. The van der Waals surface area contributed by atoms with Crippen LogP contribution in [0.1, 0.15) is 33.6 Å². The van der Waals surface area contributed by atoms with E-state index in [1.54, 1.807) is 31.2 Å². The molecule has 1 aliphatic rings. The highest BCUT2D eigenvalue weighted by atomic mass is 16.5. The molecule has 0 saturated carbocycles. The topological polar surface area (TPSA) is 87.7 Å². The number of urea groups is 1. The predicted molar refractivity (Wildman–Crippen MR) is 114 cm³/mol. The number of nitrogens with zero attached hydrogens (tertiary/aromatic N) is 1. The fourth-order valence-electron chi connectivity index (χ4n) is 3.21. The lowest BCUT2D eigenvalue weighted by molar-refractivity contribution is -0.133. The standard InChI is InChI=1S/C23H27N3O4/c1-16(2)13-14-23(3)21(28)26(22(29)25-23)15-20(27)24-17-9-11-19(12-10-17)30-18-7-5-4-6-8-18/h4-12,16H,13-15H2,1-3H3,(H,24,27)(H,25,29). The maximum atomic E-state index is 12.7. The van der Waals surface area contributed by atoms with Gasteiger partial charge in [-0.1, -0.05) is 32.0 Å². The number of hydrogen-bond acceptors (Lipinski definition) is 4. The van der Waals surface area contributed by atoms with Gasteiger partial charge in [0, 0.05) is 5.69 Å². The summed E-state index contributed by atoms with van der Waals surface area (Å²) in [6.45, 7) is 5.50. The van der Waals surface area contributed by atoms with Crippen LogP contribution in [0.15, 0.2) is 54.6 Å². The van der Waals surface area contributed by atoms with Crippen molar-refractivity contribution in [3.63, 3.8) is 0 Å². The van der Waals surface area contributed by atoms with E-state index in [0.29, 0.717) is 29.5 Å². The quantitative estimate of drug-likeness (QED) is 0.641. The molecular formula is C23H27N3O4. The molecule has 2 aromatic carbocycles. The summed E-state index contributed by atoms with van der Waals surface area (Å²) in [7, 11) is 0. The fraction of sp³-hybridized carbons (Fsp3) is 0.348. The summed E-state index contributed by atoms with van der Waals surface area (Å²) < 4.78 is 5.72. The van der Waals surface area contributed by atoms with Gasteiger partial charge in [0.15, 0.2) is 0 Å². The zero-order valence-electron chi connectivity index (χ0n) is 17.5. The van der Waals surface area contributed by atoms with Gasteiger partial charge in [-0.25, -0.2) is 4.79 Å². The van der Waals surface area contributed by atoms with Gasteiger partial charge in [-0.2, -0.15) is 0 Å². The van der Waals surface area contributed by atoms with Crippen molar-refractivity contribution in [3.05, 3.63) is 54.6 Å². The first kappa shape index (κ1) is 21.4. The van der Waals surface area contributed by atoms with Crippen LogP contribution in [0.4, 0.5) is 10.5 Å². The molecular weight excluding hydrogens is 382 g/mol. The van der Waals surface area contributed by atoms with E-state index in [9.17, 15) is 14.4 Å². The Bertz CT molecular complexity index is 912. The highest BCUT2D eigenvalue weighted by Crippen LogP contribution is 2.25. The molecule has 3 rings (SSSR count). The summed E-state index contributed by atoms with van der Waals surface area (Å²) in [4.78, 5) is 38.3. The molecule has 0 aliphatic carbocycles. The van der Waals surface area contributed by atoms with E-state index in [-0.39, 0.29) is 12.5 Å². The lowest BCUT2D eigenvalue weighted by atomic mass is 9.92. The van der Waals surface area contributed by atoms with Gasteiger partial charge in [0.1, 0.15) is 23.6 Å². The van der Waals surface area contributed by atoms with Gasteiger partial charge in [-0.15, -0.1) is 0 Å². The number of ether oxygens (including phenoxy) is 1. The first-order valence-corrected chi connectivity index (χ1v) is 10.0. The number of amides is 4. The van der Waals surface area contributed by atoms with E-state index in [1.165, 1.54) is 0 Å². The van der Waals surface area contributed by atoms with Crippen LogP contribution in [-0.4, -0.2) is 34.8 Å². The van der Waals surface area contributed by atoms with Gasteiger partial charge < -0.3 is 15.4 Å². The summed E-state index contributed by atoms with van der Waals surface area (Å²) in [5.41, 5.74) is -0.409. The SMILES string of the molecule is CC(C)CCC1(C)NC(=O)N(CC(=O)Nc2ccc(Oc3ccccc3)cc2)C1=O. The molecule has 1 saturated heterocycles. The minimum absolute atomic E-state index is 0.329. The Morgan fingerprint density at radius 1 is 1.07 bits per heavy atom. The van der Waals surface area contributed by atoms with E-state index in [0.717, 1.165) is 11.3 Å². The van der Waals surface area contributed by atoms with Gasteiger partial charge in [0.25, 0.3) is 5.91 Å². The second kappa shape index (κ2) is 8.98. The third-order valence-corrected chi connectivity index (χ3v) is 4.99. The number of anilines is 1. The number of carbonyl (C=O) groups is 3. The average molecular weight is 409 g/mol. The van der Waals surface area contributed by atoms with Crippen LogP contribution in [0, 0.1) is 5.92 Å². The second-order valence-electron chi connectivity index (χ2n) is 8.07. The van der Waals surface area contributed by atoms with Crippen LogP contribution in [0.2, 0.25) is 0 Å². The third-order valence-electron chi connectivity index (χ3n) is 4.99. The molecule has 158 valence electrons. The number of para-hydroxylation sites is 1. The number of carbonyl (C=O) groups excluding carboxylic acids is 3. The lowest BCUT2D eigenvalue weighted by Crippen LogP contribution is -2.44. The molecule has 7 heteroatoms. The van der Waals surface area contributed by atoms with Gasteiger partial charge in [0.2, 0.25) is 5.91 Å². The lowest BCUT2D eigenvalue weighted by Gasteiger charge is -2.22. The van der Waals surface area contributed by atoms with Crippen molar-refractivity contribution in [1.29, 1.82) is 0 Å². The van der Waals surface area contributed by atoms with Crippen molar-refractivity contribution in [2.24, 2.45) is 5.92 Å². The monoisotopic (exact) mass is 409 g/mol. The molecule has 1 unspecified atom stereocenters. The van der Waals surface area contributed by atoms with E-state index in [1.807, 2.05) is 30.3 Å². The number of imide groups is 1. The molecule has 2 N–H and O–H groups in total. The van der Waals surface area contributed by atoms with Gasteiger partial charge in [-0.3, -0.25) is 14.5 Å². The molecule has 0 radical (unpaired) electrons. The average Bonchev–Trinajstić information content (AvgIpc) is 2.92. The third kappa shape index (κ3) is 5.17. The van der Waals surface area contributed by atoms with Gasteiger partial charge >= 0.3 is 6.03 Å². The minimum atomic E-state index is -0.960. The summed E-state index contributed by atoms with van der Waals surface area (Å²) in [6, 6.07) is 15.7. The van der Waals surface area contributed by atoms with Crippen LogP contribution in [0.25, 0.3) is 0 Å². The summed E-state index contributed by atoms with van der Waals surface area (Å²) >= 11 is 0. The van der Waals surface area contributed by atoms with Crippen molar-refractivity contribution in [3.8, 4) is 11.5 Å². The Balaban J connectivity index is 1.56. The van der Waals surface area contributed by atoms with E-state index >= 15 is 0 Å². The van der Waals surface area contributed by atoms with Crippen LogP contribution < -0.4 is 15.4 Å². The molecule has 30 heavy (non-hydrogen) atoms. The Morgan fingerprint density at radius 3 is 2.33 bits per heavy atom. The molecule has 4 amide bonds. The Labute approximate surface area is 176 Å². The number of nitrogens with one attached hydrogen (secondary N) is 2. The number of benzene rings is 2. The zero-order valence-corrected chi connectivity index (χ0v) is 17.5. The van der Waals surface area contributed by atoms with Crippen LogP contribution in [0.3, 0.4) is 0 Å². The zero-order chi connectivity index (χ0) is 21.7. The Kier molecular flexibility index (Phi) is 6.40. The molecule has 7 nitrogen and oxygen atoms in total. The largest absolute Gasteiger partial charge is 0.457 e. The maximum Gasteiger partial charge on any atom is 0.325 e. The van der Waals surface area contributed by atoms with Crippen molar-refractivity contribution < 1.29 is 19.1 Å². The fourth-order valence-corrected chi connectivity index (χ4v) is 3.21. The van der Waals surface area contributed by atoms with Crippen LogP contribution in [-0.2, 0) is 9.59 Å². The minimum Gasteiger partial charge on any atom is -0.457 e. The first-order chi connectivity index (χ1) is 14.3. The van der Waals surface area contributed by atoms with E-state index in [4.69, 9.17) is 4.74 Å². The molecule has 1 heterocycles. The van der Waals surface area contributed by atoms with Crippen molar-refractivity contribution in [2.75, 3.05) is 11.9 Å². The molecule has 1 aliphatic heterocycles. The molecule has 2 aromatic rings. The highest BCUT2D eigenvalue weighted by molar-refractivity contribution is 6.09. The van der Waals surface area contributed by atoms with Gasteiger partial charge in [0.05, 0.1) is 0 Å². The summed E-state index contributed by atoms with van der Waals surface area (Å²) in [6.07, 6.45) is 1.34. The maximum absolute atomic E-state index is 12.7. The highest BCUT2D eigenvalue weighted by Gasteiger charge is 2.47. The molecule has 0 bridgehead atoms. The van der Waals surface area contributed by atoms with Gasteiger partial charge in [-0.05, 0) is 62.1 Å². The van der Waals surface area contributed by atoms with Crippen molar-refractivity contribution >= 4 is 23.5 Å². The smallest absolute Gasteiger partial charge is 0.325 e. The number of rotatable bonds is 8. The van der Waals surface area contributed by atoms with Crippen molar-refractivity contribution in [1.82, 2.24) is 10.2 Å². The molecule has 1 fully saturated rings. The van der Waals surface area contributed by atoms with Crippen LogP contribution in [0.5, 0.6) is 11.5 Å². The molecule has 0 spiro atoms. The van der Waals surface area contributed by atoms with Crippen molar-refractivity contribution in [2.45, 2.75) is 39.2 Å². The summed E-state index contributed by atoms with van der Waals surface area (Å²) in [5.74, 6) is 0.957. The normalized spacial score (nSPS) is 18.5. The van der Waals surface area contributed by atoms with E-state index < -0.39 is 17.5 Å². The van der Waals surface area contributed by atoms with E-state index in [2.05, 4.69) is 24.5 Å².